The van der Waals surface area contributed by atoms with Gasteiger partial charge in [-0.1, -0.05) is 36.9 Å². The minimum Gasteiger partial charge on any atom is -0.451 e. The Morgan fingerprint density at radius 2 is 2.03 bits per heavy atom. The highest BCUT2D eigenvalue weighted by molar-refractivity contribution is 7.99. The Morgan fingerprint density at radius 3 is 2.84 bits per heavy atom. The maximum Gasteiger partial charge on any atom is 0.287 e. The predicted molar refractivity (Wildman–Crippen MR) is 126 cm³/mol. The molecule has 5 rings (SSSR count). The molecule has 1 aromatic carbocycles. The van der Waals surface area contributed by atoms with Gasteiger partial charge in [0, 0.05) is 25.0 Å². The molecule has 0 spiro atoms. The van der Waals surface area contributed by atoms with E-state index in [1.54, 1.807) is 17.8 Å². The standard InChI is InChI=1S/C23H26N6O2S/c1-2-32-23-26-20(28-11-6-3-7-12-28)17-15-25-29(21(17)27-23)13-10-24-22(30)19-14-16-8-4-5-9-18(16)31-19/h4-5,8-9,14-15H,2-3,6-7,10-13H2,1H3,(H,24,30). The van der Waals surface area contributed by atoms with E-state index in [9.17, 15) is 4.79 Å². The number of furan rings is 1. The first-order valence-corrected chi connectivity index (χ1v) is 12.1. The number of nitrogens with one attached hydrogen (secondary N) is 1. The first kappa shape index (κ1) is 20.8. The van der Waals surface area contributed by atoms with E-state index in [0.717, 1.165) is 46.2 Å². The Labute approximate surface area is 190 Å². The maximum absolute atomic E-state index is 12.5. The van der Waals surface area contributed by atoms with Crippen molar-refractivity contribution in [1.29, 1.82) is 0 Å². The minimum absolute atomic E-state index is 0.233. The molecule has 1 amide bonds. The summed E-state index contributed by atoms with van der Waals surface area (Å²) in [6.07, 6.45) is 5.49. The quantitative estimate of drug-likeness (QED) is 0.335. The van der Waals surface area contributed by atoms with Crippen molar-refractivity contribution in [3.05, 3.63) is 42.3 Å². The van der Waals surface area contributed by atoms with Gasteiger partial charge in [0.05, 0.1) is 18.1 Å². The molecular weight excluding hydrogens is 424 g/mol. The normalized spacial score (nSPS) is 14.3. The Morgan fingerprint density at radius 1 is 1.19 bits per heavy atom. The third kappa shape index (κ3) is 4.17. The number of para-hydroxylation sites is 1. The summed E-state index contributed by atoms with van der Waals surface area (Å²) in [7, 11) is 0. The van der Waals surface area contributed by atoms with Crippen LogP contribution >= 0.6 is 11.8 Å². The van der Waals surface area contributed by atoms with Crippen molar-refractivity contribution < 1.29 is 9.21 Å². The van der Waals surface area contributed by atoms with E-state index in [1.807, 2.05) is 35.1 Å². The van der Waals surface area contributed by atoms with Crippen LogP contribution in [-0.2, 0) is 6.54 Å². The van der Waals surface area contributed by atoms with E-state index >= 15 is 0 Å². The number of amides is 1. The highest BCUT2D eigenvalue weighted by atomic mass is 32.2. The fraction of sp³-hybridized carbons (Fsp3) is 0.391. The van der Waals surface area contributed by atoms with Gasteiger partial charge in [-0.3, -0.25) is 4.79 Å². The van der Waals surface area contributed by atoms with Gasteiger partial charge in [-0.2, -0.15) is 5.10 Å². The lowest BCUT2D eigenvalue weighted by molar-refractivity contribution is 0.0926. The van der Waals surface area contributed by atoms with Gasteiger partial charge in [-0.05, 0) is 37.1 Å². The van der Waals surface area contributed by atoms with E-state index in [0.29, 0.717) is 24.4 Å². The second-order valence-corrected chi connectivity index (χ2v) is 9.05. The molecule has 9 heteroatoms. The van der Waals surface area contributed by atoms with E-state index in [4.69, 9.17) is 14.4 Å². The number of hydrogen-bond donors (Lipinski definition) is 1. The largest absolute Gasteiger partial charge is 0.451 e. The summed E-state index contributed by atoms with van der Waals surface area (Å²) < 4.78 is 7.50. The fourth-order valence-corrected chi connectivity index (χ4v) is 4.64. The Kier molecular flexibility index (Phi) is 5.98. The van der Waals surface area contributed by atoms with Crippen LogP contribution < -0.4 is 10.2 Å². The van der Waals surface area contributed by atoms with Crippen molar-refractivity contribution >= 4 is 45.5 Å². The maximum atomic E-state index is 12.5. The first-order chi connectivity index (χ1) is 15.7. The lowest BCUT2D eigenvalue weighted by atomic mass is 10.1. The van der Waals surface area contributed by atoms with Gasteiger partial charge in [0.15, 0.2) is 16.6 Å². The van der Waals surface area contributed by atoms with Gasteiger partial charge in [0.2, 0.25) is 0 Å². The summed E-state index contributed by atoms with van der Waals surface area (Å²) in [4.78, 5) is 24.5. The molecule has 4 heterocycles. The minimum atomic E-state index is -0.233. The molecule has 0 atom stereocenters. The number of rotatable bonds is 7. The molecule has 0 bridgehead atoms. The Bertz CT molecular complexity index is 1210. The molecule has 0 radical (unpaired) electrons. The van der Waals surface area contributed by atoms with Gasteiger partial charge >= 0.3 is 0 Å². The monoisotopic (exact) mass is 450 g/mol. The van der Waals surface area contributed by atoms with Crippen molar-refractivity contribution in [2.45, 2.75) is 37.9 Å². The van der Waals surface area contributed by atoms with Crippen LogP contribution in [-0.4, -0.2) is 51.0 Å². The molecule has 166 valence electrons. The highest BCUT2D eigenvalue weighted by Crippen LogP contribution is 2.29. The number of hydrogen-bond acceptors (Lipinski definition) is 7. The number of fused-ring (bicyclic) bond motifs is 2. The average Bonchev–Trinajstić information content (AvgIpc) is 3.44. The van der Waals surface area contributed by atoms with Gasteiger partial charge in [0.25, 0.3) is 5.91 Å². The average molecular weight is 451 g/mol. The van der Waals surface area contributed by atoms with Crippen molar-refractivity contribution in [1.82, 2.24) is 25.1 Å². The number of carbonyl (C=O) groups excluding carboxylic acids is 1. The summed E-state index contributed by atoms with van der Waals surface area (Å²) >= 11 is 1.64. The highest BCUT2D eigenvalue weighted by Gasteiger charge is 2.20. The topological polar surface area (TPSA) is 89.1 Å². The van der Waals surface area contributed by atoms with Gasteiger partial charge in [0.1, 0.15) is 11.4 Å². The molecule has 1 N–H and O–H groups in total. The molecule has 4 aromatic rings. The number of thioether (sulfide) groups is 1. The molecule has 32 heavy (non-hydrogen) atoms. The predicted octanol–water partition coefficient (Wildman–Crippen LogP) is 4.10. The molecule has 3 aromatic heterocycles. The van der Waals surface area contributed by atoms with Crippen molar-refractivity contribution in [3.63, 3.8) is 0 Å². The van der Waals surface area contributed by atoms with Crippen molar-refractivity contribution in [3.8, 4) is 0 Å². The zero-order chi connectivity index (χ0) is 21.9. The first-order valence-electron chi connectivity index (χ1n) is 11.1. The van der Waals surface area contributed by atoms with Crippen LogP contribution in [0.5, 0.6) is 0 Å². The third-order valence-electron chi connectivity index (χ3n) is 5.64. The van der Waals surface area contributed by atoms with Crippen molar-refractivity contribution in [2.24, 2.45) is 0 Å². The Hall–Kier alpha value is -3.07. The number of nitrogens with zero attached hydrogens (tertiary/aromatic N) is 5. The van der Waals surface area contributed by atoms with Gasteiger partial charge in [-0.15, -0.1) is 0 Å². The smallest absolute Gasteiger partial charge is 0.287 e. The third-order valence-corrected chi connectivity index (χ3v) is 6.37. The molecule has 0 saturated carbocycles. The van der Waals surface area contributed by atoms with E-state index in [-0.39, 0.29) is 5.91 Å². The number of benzene rings is 1. The molecular formula is C23H26N6O2S. The second kappa shape index (κ2) is 9.20. The molecule has 1 aliphatic heterocycles. The molecule has 0 unspecified atom stereocenters. The summed E-state index contributed by atoms with van der Waals surface area (Å²) in [5.74, 6) is 1.96. The Balaban J connectivity index is 1.33. The molecule has 0 aliphatic carbocycles. The number of anilines is 1. The van der Waals surface area contributed by atoms with Crippen LogP contribution in [0.15, 0.2) is 46.1 Å². The van der Waals surface area contributed by atoms with E-state index in [1.165, 1.54) is 19.3 Å². The van der Waals surface area contributed by atoms with Crippen LogP contribution in [0.25, 0.3) is 22.0 Å². The zero-order valence-electron chi connectivity index (χ0n) is 18.1. The van der Waals surface area contributed by atoms with Crippen LogP contribution in [0.2, 0.25) is 0 Å². The molecule has 1 fully saturated rings. The lowest BCUT2D eigenvalue weighted by Crippen LogP contribution is -2.30. The lowest BCUT2D eigenvalue weighted by Gasteiger charge is -2.28. The van der Waals surface area contributed by atoms with E-state index < -0.39 is 0 Å². The van der Waals surface area contributed by atoms with Crippen LogP contribution in [0.1, 0.15) is 36.7 Å². The zero-order valence-corrected chi connectivity index (χ0v) is 18.9. The summed E-state index contributed by atoms with van der Waals surface area (Å²) in [6, 6.07) is 9.36. The van der Waals surface area contributed by atoms with Gasteiger partial charge < -0.3 is 14.6 Å². The fourth-order valence-electron chi connectivity index (χ4n) is 4.08. The second-order valence-electron chi connectivity index (χ2n) is 7.82. The van der Waals surface area contributed by atoms with Crippen LogP contribution in [0, 0.1) is 0 Å². The van der Waals surface area contributed by atoms with Crippen molar-refractivity contribution in [2.75, 3.05) is 30.3 Å². The number of aromatic nitrogens is 4. The van der Waals surface area contributed by atoms with E-state index in [2.05, 4.69) is 22.2 Å². The van der Waals surface area contributed by atoms with Crippen LogP contribution in [0.4, 0.5) is 5.82 Å². The van der Waals surface area contributed by atoms with Crippen LogP contribution in [0.3, 0.4) is 0 Å². The number of piperidine rings is 1. The molecule has 8 nitrogen and oxygen atoms in total. The number of carbonyl (C=O) groups is 1. The summed E-state index contributed by atoms with van der Waals surface area (Å²) in [5.41, 5.74) is 1.52. The summed E-state index contributed by atoms with van der Waals surface area (Å²) in [5, 5.41) is 10.1. The molecule has 1 aliphatic rings. The SMILES string of the molecule is CCSc1nc(N2CCCCC2)c2cnn(CCNC(=O)c3cc4ccccc4o3)c2n1. The molecule has 1 saturated heterocycles. The van der Waals surface area contributed by atoms with Gasteiger partial charge in [-0.25, -0.2) is 14.6 Å². The summed E-state index contributed by atoms with van der Waals surface area (Å²) in [6.45, 7) is 5.07.